The highest BCUT2D eigenvalue weighted by Gasteiger charge is 2.64. The second-order valence-corrected chi connectivity index (χ2v) is 6.78. The molecule has 1 atom stereocenters. The Kier molecular flexibility index (Phi) is 4.49. The molecule has 1 aromatic carbocycles. The van der Waals surface area contributed by atoms with Crippen LogP contribution in [0, 0.1) is 19.3 Å². The van der Waals surface area contributed by atoms with Crippen molar-refractivity contribution in [3.8, 4) is 5.69 Å². The minimum absolute atomic E-state index is 0.0172. The maximum absolute atomic E-state index is 13.3. The molecule has 0 spiro atoms. The van der Waals surface area contributed by atoms with E-state index in [4.69, 9.17) is 5.11 Å². The number of aryl methyl sites for hydroxylation is 2. The Bertz CT molecular complexity index is 889. The second-order valence-electron chi connectivity index (χ2n) is 6.78. The molecule has 2 aromatic rings. The van der Waals surface area contributed by atoms with Gasteiger partial charge < -0.3 is 10.0 Å². The normalized spacial score (nSPS) is 20.1. The van der Waals surface area contributed by atoms with Crippen LogP contribution in [0.4, 0.5) is 13.2 Å². The van der Waals surface area contributed by atoms with Crippen LogP contribution in [-0.4, -0.2) is 50.9 Å². The highest BCUT2D eigenvalue weighted by Crippen LogP contribution is 2.46. The third-order valence-corrected chi connectivity index (χ3v) is 4.89. The summed E-state index contributed by atoms with van der Waals surface area (Å²) in [4.78, 5) is 24.8. The van der Waals surface area contributed by atoms with Gasteiger partial charge in [0.05, 0.1) is 5.69 Å². The molecular weight excluding hydrogens is 363 g/mol. The zero-order valence-corrected chi connectivity index (χ0v) is 14.7. The molecule has 1 aliphatic rings. The van der Waals surface area contributed by atoms with E-state index in [0.29, 0.717) is 11.4 Å². The predicted molar refractivity (Wildman–Crippen MR) is 89.7 cm³/mol. The summed E-state index contributed by atoms with van der Waals surface area (Å²) >= 11 is 0. The number of halogens is 3. The molecule has 144 valence electrons. The lowest BCUT2D eigenvalue weighted by Gasteiger charge is -2.27. The predicted octanol–water partition coefficient (Wildman–Crippen LogP) is 2.97. The van der Waals surface area contributed by atoms with E-state index in [2.05, 4.69) is 5.10 Å². The van der Waals surface area contributed by atoms with Gasteiger partial charge in [0.1, 0.15) is 0 Å². The molecule has 0 aliphatic carbocycles. The number of carboxylic acid groups (broad SMARTS) is 1. The molecule has 27 heavy (non-hydrogen) atoms. The van der Waals surface area contributed by atoms with E-state index in [1.807, 2.05) is 31.2 Å². The van der Waals surface area contributed by atoms with E-state index in [9.17, 15) is 22.8 Å². The fraction of sp³-hybridized carbons (Fsp3) is 0.389. The van der Waals surface area contributed by atoms with Crippen molar-refractivity contribution in [3.63, 3.8) is 0 Å². The number of carboxylic acids is 1. The van der Waals surface area contributed by atoms with Gasteiger partial charge >= 0.3 is 12.1 Å². The van der Waals surface area contributed by atoms with Gasteiger partial charge in [0, 0.05) is 18.8 Å². The molecule has 9 heteroatoms. The molecule has 1 fully saturated rings. The Morgan fingerprint density at radius 2 is 1.81 bits per heavy atom. The van der Waals surface area contributed by atoms with E-state index < -0.39 is 36.4 Å². The van der Waals surface area contributed by atoms with Crippen LogP contribution in [-0.2, 0) is 4.79 Å². The number of carbonyl (C=O) groups is 2. The Morgan fingerprint density at radius 1 is 1.19 bits per heavy atom. The number of aliphatic carboxylic acids is 1. The van der Waals surface area contributed by atoms with Gasteiger partial charge in [0.25, 0.3) is 5.91 Å². The highest BCUT2D eigenvalue weighted by atomic mass is 19.4. The van der Waals surface area contributed by atoms with E-state index in [1.54, 1.807) is 6.92 Å². The van der Waals surface area contributed by atoms with E-state index >= 15 is 0 Å². The zero-order chi connectivity index (χ0) is 20.0. The summed E-state index contributed by atoms with van der Waals surface area (Å²) in [5.41, 5.74) is -0.544. The van der Waals surface area contributed by atoms with Gasteiger partial charge in [-0.05, 0) is 38.5 Å². The summed E-state index contributed by atoms with van der Waals surface area (Å²) in [5, 5.41) is 13.3. The van der Waals surface area contributed by atoms with Crippen molar-refractivity contribution in [1.29, 1.82) is 0 Å². The molecule has 1 amide bonds. The lowest BCUT2D eigenvalue weighted by Crippen LogP contribution is -2.47. The Hall–Kier alpha value is -2.84. The average Bonchev–Trinajstić information content (AvgIpc) is 3.19. The minimum Gasteiger partial charge on any atom is -0.481 e. The van der Waals surface area contributed by atoms with Crippen molar-refractivity contribution in [1.82, 2.24) is 14.7 Å². The van der Waals surface area contributed by atoms with Crippen LogP contribution in [0.3, 0.4) is 0 Å². The SMILES string of the molecule is Cc1ccc(-n2nc(C(=O)N3CCC(C(=O)O)(C(F)(F)F)C3)cc2C)cc1. The van der Waals surface area contributed by atoms with Gasteiger partial charge in [-0.25, -0.2) is 4.68 Å². The number of rotatable bonds is 3. The van der Waals surface area contributed by atoms with Gasteiger partial charge in [0.15, 0.2) is 11.1 Å². The third-order valence-electron chi connectivity index (χ3n) is 4.89. The molecule has 1 aliphatic heterocycles. The van der Waals surface area contributed by atoms with Crippen LogP contribution >= 0.6 is 0 Å². The summed E-state index contributed by atoms with van der Waals surface area (Å²) in [6, 6.07) is 8.87. The maximum atomic E-state index is 13.3. The quantitative estimate of drug-likeness (QED) is 0.887. The second kappa shape index (κ2) is 6.40. The Labute approximate surface area is 153 Å². The van der Waals surface area contributed by atoms with Crippen LogP contribution in [0.2, 0.25) is 0 Å². The number of likely N-dealkylation sites (tertiary alicyclic amines) is 1. The molecule has 0 bridgehead atoms. The maximum Gasteiger partial charge on any atom is 0.406 e. The summed E-state index contributed by atoms with van der Waals surface area (Å²) in [6.07, 6.45) is -5.61. The molecule has 2 heterocycles. The molecule has 1 N–H and O–H groups in total. The lowest BCUT2D eigenvalue weighted by molar-refractivity contribution is -0.227. The van der Waals surface area contributed by atoms with Crippen LogP contribution in [0.5, 0.6) is 0 Å². The van der Waals surface area contributed by atoms with Crippen LogP contribution in [0.25, 0.3) is 5.69 Å². The first kappa shape index (κ1) is 18.9. The van der Waals surface area contributed by atoms with Crippen LogP contribution < -0.4 is 0 Å². The highest BCUT2D eigenvalue weighted by molar-refractivity contribution is 5.93. The first-order valence-corrected chi connectivity index (χ1v) is 8.28. The first-order chi connectivity index (χ1) is 12.5. The molecular formula is C18H18F3N3O3. The molecule has 3 rings (SSSR count). The van der Waals surface area contributed by atoms with Gasteiger partial charge in [-0.3, -0.25) is 9.59 Å². The largest absolute Gasteiger partial charge is 0.481 e. The smallest absolute Gasteiger partial charge is 0.406 e. The zero-order valence-electron chi connectivity index (χ0n) is 14.7. The number of carbonyl (C=O) groups excluding carboxylic acids is 1. The topological polar surface area (TPSA) is 75.4 Å². The number of benzene rings is 1. The van der Waals surface area contributed by atoms with E-state index in [1.165, 1.54) is 10.7 Å². The van der Waals surface area contributed by atoms with Gasteiger partial charge in [-0.2, -0.15) is 18.3 Å². The monoisotopic (exact) mass is 381 g/mol. The number of hydrogen-bond donors (Lipinski definition) is 1. The third kappa shape index (κ3) is 3.17. The molecule has 1 saturated heterocycles. The van der Waals surface area contributed by atoms with Gasteiger partial charge in [-0.1, -0.05) is 17.7 Å². The van der Waals surface area contributed by atoms with Crippen molar-refractivity contribution in [2.75, 3.05) is 13.1 Å². The minimum atomic E-state index is -4.94. The molecule has 1 unspecified atom stereocenters. The molecule has 1 aromatic heterocycles. The average molecular weight is 381 g/mol. The standard InChI is InChI=1S/C18H18F3N3O3/c1-11-3-5-13(6-4-11)24-12(2)9-14(22-24)15(25)23-8-7-17(10-23,16(26)27)18(19,20)21/h3-6,9H,7-8,10H2,1-2H3,(H,26,27). The van der Waals surface area contributed by atoms with E-state index in [-0.39, 0.29) is 12.2 Å². The summed E-state index contributed by atoms with van der Waals surface area (Å²) in [7, 11) is 0. The van der Waals surface area contributed by atoms with Crippen LogP contribution in [0.15, 0.2) is 30.3 Å². The molecule has 6 nitrogen and oxygen atoms in total. The van der Waals surface area contributed by atoms with E-state index in [0.717, 1.165) is 10.5 Å². The van der Waals surface area contributed by atoms with Crippen LogP contribution in [0.1, 0.15) is 28.2 Å². The summed E-state index contributed by atoms with van der Waals surface area (Å²) in [6.45, 7) is 2.45. The summed E-state index contributed by atoms with van der Waals surface area (Å²) in [5.74, 6) is -2.68. The fourth-order valence-electron chi connectivity index (χ4n) is 3.20. The van der Waals surface area contributed by atoms with Gasteiger partial charge in [-0.15, -0.1) is 0 Å². The molecule has 0 saturated carbocycles. The van der Waals surface area contributed by atoms with Crippen molar-refractivity contribution >= 4 is 11.9 Å². The number of hydrogen-bond acceptors (Lipinski definition) is 3. The fourth-order valence-corrected chi connectivity index (χ4v) is 3.20. The lowest BCUT2D eigenvalue weighted by atomic mass is 9.86. The number of alkyl halides is 3. The Balaban J connectivity index is 1.86. The number of amides is 1. The van der Waals surface area contributed by atoms with Crippen molar-refractivity contribution in [2.24, 2.45) is 5.41 Å². The summed E-state index contributed by atoms with van der Waals surface area (Å²) < 4.78 is 41.4. The van der Waals surface area contributed by atoms with Gasteiger partial charge in [0.2, 0.25) is 0 Å². The molecule has 0 radical (unpaired) electrons. The first-order valence-electron chi connectivity index (χ1n) is 8.28. The Morgan fingerprint density at radius 3 is 2.33 bits per heavy atom. The number of aromatic nitrogens is 2. The van der Waals surface area contributed by atoms with Crippen molar-refractivity contribution in [2.45, 2.75) is 26.4 Å². The number of nitrogens with zero attached hydrogens (tertiary/aromatic N) is 3. The van der Waals surface area contributed by atoms with Crippen molar-refractivity contribution < 1.29 is 27.9 Å². The van der Waals surface area contributed by atoms with Crippen molar-refractivity contribution in [3.05, 3.63) is 47.3 Å².